The number of rotatable bonds is 4. The first kappa shape index (κ1) is 27.2. The van der Waals surface area contributed by atoms with E-state index < -0.39 is 28.8 Å². The monoisotopic (exact) mass is 520 g/mol. The fraction of sp³-hybridized carbons (Fsp3) is 0.448. The number of carbonyl (C=O) groups excluding carboxylic acids is 4. The molecule has 2 N–H and O–H groups in total. The van der Waals surface area contributed by atoms with E-state index in [0.29, 0.717) is 17.1 Å². The summed E-state index contributed by atoms with van der Waals surface area (Å²) in [6.45, 7) is 11.4. The number of aryl methyl sites for hydroxylation is 2. The second-order valence-electron chi connectivity index (χ2n) is 11.6. The first-order chi connectivity index (χ1) is 17.8. The van der Waals surface area contributed by atoms with Crippen molar-refractivity contribution in [1.82, 2.24) is 10.2 Å². The van der Waals surface area contributed by atoms with Crippen LogP contribution in [0.5, 0.6) is 5.75 Å². The number of amides is 4. The van der Waals surface area contributed by atoms with Crippen molar-refractivity contribution in [3.8, 4) is 5.75 Å². The number of benzene rings is 2. The molecular formula is C29H36N4O5. The number of carbonyl (C=O) groups is 4. The van der Waals surface area contributed by atoms with Crippen LogP contribution in [-0.4, -0.2) is 60.8 Å². The predicted molar refractivity (Wildman–Crippen MR) is 145 cm³/mol. The Labute approximate surface area is 223 Å². The zero-order chi connectivity index (χ0) is 27.8. The van der Waals surface area contributed by atoms with Crippen molar-refractivity contribution in [3.05, 3.63) is 53.6 Å². The molecule has 2 aliphatic heterocycles. The molecule has 0 radical (unpaired) electrons. The minimum Gasteiger partial charge on any atom is -0.489 e. The number of nitrogens with zero attached hydrogens (tertiary/aromatic N) is 2. The van der Waals surface area contributed by atoms with Crippen molar-refractivity contribution >= 4 is 35.0 Å². The normalized spacial score (nSPS) is 20.2. The fourth-order valence-corrected chi connectivity index (χ4v) is 5.31. The van der Waals surface area contributed by atoms with Crippen LogP contribution in [0.1, 0.15) is 38.8 Å². The Hall–Kier alpha value is -3.88. The van der Waals surface area contributed by atoms with E-state index in [1.165, 1.54) is 4.90 Å². The Balaban J connectivity index is 1.57. The van der Waals surface area contributed by atoms with Gasteiger partial charge in [0.1, 0.15) is 30.7 Å². The van der Waals surface area contributed by atoms with Crippen molar-refractivity contribution in [3.63, 3.8) is 0 Å². The van der Waals surface area contributed by atoms with Crippen molar-refractivity contribution in [2.24, 2.45) is 10.8 Å². The van der Waals surface area contributed by atoms with Gasteiger partial charge in [-0.15, -0.1) is 0 Å². The summed E-state index contributed by atoms with van der Waals surface area (Å²) in [5, 5.41) is 5.45. The molecule has 0 bridgehead atoms. The van der Waals surface area contributed by atoms with Crippen LogP contribution >= 0.6 is 0 Å². The molecule has 4 rings (SSSR count). The molecule has 202 valence electrons. The highest BCUT2D eigenvalue weighted by Crippen LogP contribution is 2.37. The zero-order valence-electron chi connectivity index (χ0n) is 22.9. The minimum atomic E-state index is -1.02. The second kappa shape index (κ2) is 10.1. The Morgan fingerprint density at radius 2 is 1.63 bits per heavy atom. The number of ketones is 1. The van der Waals surface area contributed by atoms with Gasteiger partial charge in [-0.25, -0.2) is 4.79 Å². The number of ether oxygens (including phenoxy) is 1. The number of piperidine rings is 1. The molecule has 0 saturated carbocycles. The molecule has 0 aromatic heterocycles. The molecule has 4 amide bonds. The highest BCUT2D eigenvalue weighted by molar-refractivity contribution is 6.05. The van der Waals surface area contributed by atoms with Gasteiger partial charge in [0.15, 0.2) is 0 Å². The minimum absolute atomic E-state index is 0.0842. The highest BCUT2D eigenvalue weighted by atomic mass is 16.5. The summed E-state index contributed by atoms with van der Waals surface area (Å²) in [4.78, 5) is 56.0. The summed E-state index contributed by atoms with van der Waals surface area (Å²) in [5.41, 5.74) is 1.55. The van der Waals surface area contributed by atoms with Crippen LogP contribution in [0.2, 0.25) is 0 Å². The Morgan fingerprint density at radius 1 is 0.974 bits per heavy atom. The van der Waals surface area contributed by atoms with Gasteiger partial charge in [0.25, 0.3) is 5.91 Å². The summed E-state index contributed by atoms with van der Waals surface area (Å²) >= 11 is 0. The van der Waals surface area contributed by atoms with E-state index in [-0.39, 0.29) is 37.9 Å². The van der Waals surface area contributed by atoms with Crippen LogP contribution in [0.3, 0.4) is 0 Å². The van der Waals surface area contributed by atoms with Gasteiger partial charge in [-0.2, -0.15) is 0 Å². The van der Waals surface area contributed by atoms with E-state index in [2.05, 4.69) is 10.6 Å². The van der Waals surface area contributed by atoms with Crippen LogP contribution in [0, 0.1) is 24.7 Å². The zero-order valence-corrected chi connectivity index (χ0v) is 22.9. The van der Waals surface area contributed by atoms with E-state index in [1.54, 1.807) is 23.1 Å². The van der Waals surface area contributed by atoms with Crippen molar-refractivity contribution in [2.75, 3.05) is 36.5 Å². The number of Topliss-reactive ketones (excluding diaryl/α,β-unsaturated/α-hetero) is 1. The van der Waals surface area contributed by atoms with Crippen LogP contribution in [0.4, 0.5) is 16.2 Å². The van der Waals surface area contributed by atoms with Crippen molar-refractivity contribution in [1.29, 1.82) is 0 Å². The smallest absolute Gasteiger partial charge is 0.320 e. The summed E-state index contributed by atoms with van der Waals surface area (Å²) in [6.07, 6.45) is 0. The quantitative estimate of drug-likeness (QED) is 0.640. The van der Waals surface area contributed by atoms with Gasteiger partial charge in [0.2, 0.25) is 5.91 Å². The second-order valence-corrected chi connectivity index (χ2v) is 11.6. The molecule has 0 spiro atoms. The number of likely N-dealkylation sites (tertiary alicyclic amines) is 1. The number of nitrogens with one attached hydrogen (secondary N) is 2. The molecule has 38 heavy (non-hydrogen) atoms. The van der Waals surface area contributed by atoms with Gasteiger partial charge in [-0.3, -0.25) is 19.3 Å². The third-order valence-corrected chi connectivity index (χ3v) is 7.00. The summed E-state index contributed by atoms with van der Waals surface area (Å²) in [7, 11) is 0. The van der Waals surface area contributed by atoms with Gasteiger partial charge < -0.3 is 20.3 Å². The summed E-state index contributed by atoms with van der Waals surface area (Å²) in [5.74, 6) is -0.161. The maximum Gasteiger partial charge on any atom is 0.320 e. The highest BCUT2D eigenvalue weighted by Gasteiger charge is 2.47. The lowest BCUT2D eigenvalue weighted by atomic mass is 9.70. The molecular weight excluding hydrogens is 484 g/mol. The standard InChI is InChI=1S/C29H36N4O5/c1-18-8-7-9-20(12-18)30-27(37)31-21-15-38-23-11-10-19(2)13-22(23)33(25(21)35)14-24(34)32-16-28(3,4)26(36)29(5,6)17-32/h7-13,21H,14-17H2,1-6H3,(H2,30,31,37)/t21-/m1/s1. The van der Waals surface area contributed by atoms with Gasteiger partial charge in [-0.1, -0.05) is 45.9 Å². The first-order valence-corrected chi connectivity index (χ1v) is 12.8. The SMILES string of the molecule is Cc1cccc(NC(=O)N[C@@H]2COc3ccc(C)cc3N(CC(=O)N3CC(C)(C)C(=O)C(C)(C)C3)C2=O)c1. The third-order valence-electron chi connectivity index (χ3n) is 7.00. The molecule has 2 aromatic carbocycles. The molecule has 9 nitrogen and oxygen atoms in total. The van der Waals surface area contributed by atoms with E-state index >= 15 is 0 Å². The predicted octanol–water partition coefficient (Wildman–Crippen LogP) is 3.68. The summed E-state index contributed by atoms with van der Waals surface area (Å²) < 4.78 is 5.92. The Bertz CT molecular complexity index is 1270. The average Bonchev–Trinajstić information content (AvgIpc) is 2.94. The summed E-state index contributed by atoms with van der Waals surface area (Å²) in [6, 6.07) is 11.2. The average molecular weight is 521 g/mol. The lowest BCUT2D eigenvalue weighted by Crippen LogP contribution is -2.59. The molecule has 0 unspecified atom stereocenters. The van der Waals surface area contributed by atoms with Gasteiger partial charge in [-0.05, 0) is 49.2 Å². The number of anilines is 2. The largest absolute Gasteiger partial charge is 0.489 e. The van der Waals surface area contributed by atoms with E-state index in [4.69, 9.17) is 4.74 Å². The van der Waals surface area contributed by atoms with Crippen molar-refractivity contribution < 1.29 is 23.9 Å². The van der Waals surface area contributed by atoms with E-state index in [1.807, 2.05) is 65.8 Å². The Morgan fingerprint density at radius 3 is 2.29 bits per heavy atom. The Kier molecular flexibility index (Phi) is 7.23. The van der Waals surface area contributed by atoms with E-state index in [9.17, 15) is 19.2 Å². The van der Waals surface area contributed by atoms with Gasteiger partial charge in [0, 0.05) is 29.6 Å². The van der Waals surface area contributed by atoms with Crippen LogP contribution < -0.4 is 20.3 Å². The lowest BCUT2D eigenvalue weighted by molar-refractivity contribution is -0.150. The number of urea groups is 1. The molecule has 0 aliphatic carbocycles. The topological polar surface area (TPSA) is 108 Å². The fourth-order valence-electron chi connectivity index (χ4n) is 5.31. The number of fused-ring (bicyclic) bond motifs is 1. The lowest BCUT2D eigenvalue weighted by Gasteiger charge is -2.45. The van der Waals surface area contributed by atoms with Gasteiger partial charge in [0.05, 0.1) is 5.69 Å². The van der Waals surface area contributed by atoms with E-state index in [0.717, 1.165) is 11.1 Å². The maximum atomic E-state index is 13.8. The molecule has 1 saturated heterocycles. The van der Waals surface area contributed by atoms with Gasteiger partial charge >= 0.3 is 6.03 Å². The number of hydrogen-bond acceptors (Lipinski definition) is 5. The van der Waals surface area contributed by atoms with Crippen molar-refractivity contribution in [2.45, 2.75) is 47.6 Å². The molecule has 2 heterocycles. The molecule has 2 aliphatic rings. The van der Waals surface area contributed by atoms with Crippen LogP contribution in [-0.2, 0) is 14.4 Å². The molecule has 1 atom stereocenters. The molecule has 2 aromatic rings. The maximum absolute atomic E-state index is 13.8. The number of hydrogen-bond donors (Lipinski definition) is 2. The van der Waals surface area contributed by atoms with Crippen LogP contribution in [0.15, 0.2) is 42.5 Å². The first-order valence-electron chi connectivity index (χ1n) is 12.8. The van der Waals surface area contributed by atoms with Crippen LogP contribution in [0.25, 0.3) is 0 Å². The third kappa shape index (κ3) is 5.66. The molecule has 1 fully saturated rings. The molecule has 9 heteroatoms.